The Labute approximate surface area is 146 Å². The van der Waals surface area contributed by atoms with E-state index in [0.717, 1.165) is 23.2 Å². The van der Waals surface area contributed by atoms with Crippen molar-refractivity contribution in [3.8, 4) is 0 Å². The molecule has 0 saturated carbocycles. The summed E-state index contributed by atoms with van der Waals surface area (Å²) in [5.41, 5.74) is 2.81. The number of rotatable bonds is 5. The highest BCUT2D eigenvalue weighted by Crippen LogP contribution is 2.14. The number of ether oxygens (including phenoxy) is 1. The number of aryl methyl sites for hydroxylation is 2. The van der Waals surface area contributed by atoms with Crippen LogP contribution in [0.1, 0.15) is 23.2 Å². The van der Waals surface area contributed by atoms with Crippen LogP contribution in [-0.2, 0) is 22.4 Å². The minimum absolute atomic E-state index is 0.0179. The Balaban J connectivity index is 1.54. The van der Waals surface area contributed by atoms with Crippen molar-refractivity contribution in [2.24, 2.45) is 0 Å². The summed E-state index contributed by atoms with van der Waals surface area (Å²) in [6.07, 6.45) is 3.22. The van der Waals surface area contributed by atoms with Gasteiger partial charge in [-0.3, -0.25) is 9.59 Å². The van der Waals surface area contributed by atoms with Gasteiger partial charge in [0, 0.05) is 24.8 Å². The predicted octanol–water partition coefficient (Wildman–Crippen LogP) is 1.48. The van der Waals surface area contributed by atoms with Crippen molar-refractivity contribution in [1.29, 1.82) is 0 Å². The molecule has 1 fully saturated rings. The third kappa shape index (κ3) is 4.76. The SMILES string of the molecule is Cc1ccccc1CC(=O)N1CCOC(CCc2cc(=O)[nH]cn2)C1. The highest BCUT2D eigenvalue weighted by molar-refractivity contribution is 5.79. The molecule has 6 nitrogen and oxygen atoms in total. The molecule has 1 saturated heterocycles. The highest BCUT2D eigenvalue weighted by atomic mass is 16.5. The molecule has 1 aliphatic heterocycles. The van der Waals surface area contributed by atoms with Gasteiger partial charge in [0.25, 0.3) is 5.56 Å². The van der Waals surface area contributed by atoms with Gasteiger partial charge in [-0.25, -0.2) is 4.98 Å². The lowest BCUT2D eigenvalue weighted by Crippen LogP contribution is -2.46. The molecule has 25 heavy (non-hydrogen) atoms. The molecule has 1 unspecified atom stereocenters. The molecule has 1 amide bonds. The third-order valence-corrected chi connectivity index (χ3v) is 4.55. The molecular formula is C19H23N3O3. The zero-order valence-electron chi connectivity index (χ0n) is 14.4. The average Bonchev–Trinajstić information content (AvgIpc) is 2.62. The monoisotopic (exact) mass is 341 g/mol. The second-order valence-electron chi connectivity index (χ2n) is 6.38. The predicted molar refractivity (Wildman–Crippen MR) is 94.4 cm³/mol. The van der Waals surface area contributed by atoms with Crippen molar-refractivity contribution in [3.05, 3.63) is 63.8 Å². The van der Waals surface area contributed by atoms with Crippen molar-refractivity contribution in [1.82, 2.24) is 14.9 Å². The van der Waals surface area contributed by atoms with E-state index in [1.807, 2.05) is 36.1 Å². The molecule has 6 heteroatoms. The summed E-state index contributed by atoms with van der Waals surface area (Å²) in [5, 5.41) is 0. The fourth-order valence-electron chi connectivity index (χ4n) is 3.06. The molecular weight excluding hydrogens is 318 g/mol. The van der Waals surface area contributed by atoms with Gasteiger partial charge in [-0.05, 0) is 30.9 Å². The molecule has 0 bridgehead atoms. The van der Waals surface area contributed by atoms with Gasteiger partial charge < -0.3 is 14.6 Å². The number of aromatic nitrogens is 2. The van der Waals surface area contributed by atoms with Gasteiger partial charge in [-0.1, -0.05) is 24.3 Å². The Hall–Kier alpha value is -2.47. The fourth-order valence-corrected chi connectivity index (χ4v) is 3.06. The smallest absolute Gasteiger partial charge is 0.250 e. The van der Waals surface area contributed by atoms with Gasteiger partial charge in [-0.2, -0.15) is 0 Å². The molecule has 3 rings (SSSR count). The van der Waals surface area contributed by atoms with Crippen molar-refractivity contribution in [2.75, 3.05) is 19.7 Å². The minimum Gasteiger partial charge on any atom is -0.375 e. The van der Waals surface area contributed by atoms with E-state index >= 15 is 0 Å². The normalized spacial score (nSPS) is 17.5. The summed E-state index contributed by atoms with van der Waals surface area (Å²) in [6.45, 7) is 3.80. The summed E-state index contributed by atoms with van der Waals surface area (Å²) < 4.78 is 5.78. The molecule has 0 radical (unpaired) electrons. The number of carbonyl (C=O) groups excluding carboxylic acids is 1. The summed E-state index contributed by atoms with van der Waals surface area (Å²) >= 11 is 0. The number of H-pyrrole nitrogens is 1. The van der Waals surface area contributed by atoms with Crippen LogP contribution in [0.3, 0.4) is 0 Å². The number of morpholine rings is 1. The maximum absolute atomic E-state index is 12.6. The maximum atomic E-state index is 12.6. The fraction of sp³-hybridized carbons (Fsp3) is 0.421. The highest BCUT2D eigenvalue weighted by Gasteiger charge is 2.24. The standard InChI is InChI=1S/C19H23N3O3/c1-14-4-2-3-5-15(14)10-19(24)22-8-9-25-17(12-22)7-6-16-11-18(23)21-13-20-16/h2-5,11,13,17H,6-10,12H2,1H3,(H,20,21,23). The molecule has 132 valence electrons. The topological polar surface area (TPSA) is 75.3 Å². The summed E-state index contributed by atoms with van der Waals surface area (Å²) in [6, 6.07) is 9.48. The van der Waals surface area contributed by atoms with E-state index in [0.29, 0.717) is 32.5 Å². The Morgan fingerprint density at radius 2 is 2.24 bits per heavy atom. The number of hydrogen-bond acceptors (Lipinski definition) is 4. The molecule has 1 aromatic carbocycles. The zero-order valence-corrected chi connectivity index (χ0v) is 14.4. The number of amides is 1. The molecule has 1 atom stereocenters. The van der Waals surface area contributed by atoms with Crippen molar-refractivity contribution in [3.63, 3.8) is 0 Å². The van der Waals surface area contributed by atoms with Crippen molar-refractivity contribution >= 4 is 5.91 Å². The number of nitrogens with one attached hydrogen (secondary N) is 1. The van der Waals surface area contributed by atoms with Gasteiger partial charge in [0.05, 0.1) is 25.5 Å². The minimum atomic E-state index is -0.149. The van der Waals surface area contributed by atoms with E-state index < -0.39 is 0 Å². The Morgan fingerprint density at radius 3 is 3.04 bits per heavy atom. The second kappa shape index (κ2) is 8.07. The molecule has 1 N–H and O–H groups in total. The van der Waals surface area contributed by atoms with Crippen LogP contribution in [0.25, 0.3) is 0 Å². The quantitative estimate of drug-likeness (QED) is 0.894. The molecule has 1 aromatic heterocycles. The summed E-state index contributed by atoms with van der Waals surface area (Å²) in [7, 11) is 0. The first kappa shape index (κ1) is 17.4. The Bertz CT molecular complexity index is 787. The van der Waals surface area contributed by atoms with Gasteiger partial charge >= 0.3 is 0 Å². The summed E-state index contributed by atoms with van der Waals surface area (Å²) in [4.78, 5) is 32.4. The van der Waals surface area contributed by atoms with E-state index in [2.05, 4.69) is 9.97 Å². The van der Waals surface area contributed by atoms with E-state index in [4.69, 9.17) is 4.74 Å². The first-order chi connectivity index (χ1) is 12.1. The maximum Gasteiger partial charge on any atom is 0.250 e. The number of hydrogen-bond donors (Lipinski definition) is 1. The van der Waals surface area contributed by atoms with Gasteiger partial charge in [0.1, 0.15) is 0 Å². The molecule has 0 spiro atoms. The van der Waals surface area contributed by atoms with Gasteiger partial charge in [0.15, 0.2) is 0 Å². The van der Waals surface area contributed by atoms with Crippen LogP contribution in [0.15, 0.2) is 41.5 Å². The number of aromatic amines is 1. The van der Waals surface area contributed by atoms with Crippen LogP contribution < -0.4 is 5.56 Å². The van der Waals surface area contributed by atoms with E-state index in [1.165, 1.54) is 12.4 Å². The lowest BCUT2D eigenvalue weighted by molar-refractivity contribution is -0.138. The van der Waals surface area contributed by atoms with Crippen LogP contribution in [0.5, 0.6) is 0 Å². The van der Waals surface area contributed by atoms with Crippen LogP contribution in [0.4, 0.5) is 0 Å². The van der Waals surface area contributed by atoms with Crippen LogP contribution >= 0.6 is 0 Å². The van der Waals surface area contributed by atoms with Crippen molar-refractivity contribution in [2.45, 2.75) is 32.3 Å². The molecule has 1 aliphatic rings. The van der Waals surface area contributed by atoms with Crippen LogP contribution in [-0.4, -0.2) is 46.6 Å². The van der Waals surface area contributed by atoms with E-state index in [1.54, 1.807) is 0 Å². The van der Waals surface area contributed by atoms with Crippen LogP contribution in [0.2, 0.25) is 0 Å². The zero-order chi connectivity index (χ0) is 17.6. The second-order valence-corrected chi connectivity index (χ2v) is 6.38. The Morgan fingerprint density at radius 1 is 1.40 bits per heavy atom. The van der Waals surface area contributed by atoms with Gasteiger partial charge in [-0.15, -0.1) is 0 Å². The van der Waals surface area contributed by atoms with Crippen molar-refractivity contribution < 1.29 is 9.53 Å². The number of benzene rings is 1. The first-order valence-corrected chi connectivity index (χ1v) is 8.59. The van der Waals surface area contributed by atoms with E-state index in [9.17, 15) is 9.59 Å². The third-order valence-electron chi connectivity index (χ3n) is 4.55. The molecule has 0 aliphatic carbocycles. The number of carbonyl (C=O) groups is 1. The van der Waals surface area contributed by atoms with Gasteiger partial charge in [0.2, 0.25) is 5.91 Å². The largest absolute Gasteiger partial charge is 0.375 e. The lowest BCUT2D eigenvalue weighted by atomic mass is 10.0. The van der Waals surface area contributed by atoms with Crippen LogP contribution in [0, 0.1) is 6.92 Å². The average molecular weight is 341 g/mol. The Kier molecular flexibility index (Phi) is 5.60. The lowest BCUT2D eigenvalue weighted by Gasteiger charge is -2.33. The number of nitrogens with zero attached hydrogens (tertiary/aromatic N) is 2. The first-order valence-electron chi connectivity index (χ1n) is 8.59. The molecule has 2 aromatic rings. The molecule has 2 heterocycles. The summed E-state index contributed by atoms with van der Waals surface area (Å²) in [5.74, 6) is 0.136. The van der Waals surface area contributed by atoms with E-state index in [-0.39, 0.29) is 17.6 Å².